The molecule has 0 spiro atoms. The Bertz CT molecular complexity index is 773. The Morgan fingerprint density at radius 3 is 2.90 bits per heavy atom. The van der Waals surface area contributed by atoms with Gasteiger partial charge in [0.05, 0.1) is 17.5 Å². The minimum atomic E-state index is 0.0924. The maximum Gasteiger partial charge on any atom is 0.197 e. The summed E-state index contributed by atoms with van der Waals surface area (Å²) in [6, 6.07) is 3.68. The standard InChI is InChI=1S/C13H13N5O2S/c1-8(19)7-21-13-15-12(16-17-13)11-4-3-10(20-11)9-5-14-18(2)6-9/h3-6H,7H2,1-2H3,(H,15,16,17). The Balaban J connectivity index is 1.78. The minimum absolute atomic E-state index is 0.0924. The van der Waals surface area contributed by atoms with Crippen LogP contribution in [0, 0.1) is 0 Å². The molecule has 0 saturated carbocycles. The van der Waals surface area contributed by atoms with Crippen LogP contribution in [0.5, 0.6) is 0 Å². The summed E-state index contributed by atoms with van der Waals surface area (Å²) in [6.45, 7) is 1.54. The molecule has 3 rings (SSSR count). The number of nitrogens with zero attached hydrogens (tertiary/aromatic N) is 4. The SMILES string of the molecule is CC(=O)CSc1nnc(-c2ccc(-c3cnn(C)c3)o2)[nH]1. The van der Waals surface area contributed by atoms with Crippen molar-refractivity contribution >= 4 is 17.5 Å². The number of furan rings is 1. The highest BCUT2D eigenvalue weighted by Gasteiger charge is 2.12. The predicted molar refractivity (Wildman–Crippen MR) is 77.7 cm³/mol. The van der Waals surface area contributed by atoms with Crippen LogP contribution in [-0.2, 0) is 11.8 Å². The number of H-pyrrole nitrogens is 1. The molecule has 108 valence electrons. The maximum atomic E-state index is 10.9. The van der Waals surface area contributed by atoms with E-state index in [1.54, 1.807) is 10.9 Å². The Hall–Kier alpha value is -2.35. The topological polar surface area (TPSA) is 89.6 Å². The second-order valence-electron chi connectivity index (χ2n) is 4.54. The first-order valence-corrected chi connectivity index (χ1v) is 7.24. The van der Waals surface area contributed by atoms with Crippen LogP contribution in [0.1, 0.15) is 6.92 Å². The van der Waals surface area contributed by atoms with E-state index in [2.05, 4.69) is 20.3 Å². The molecule has 0 bridgehead atoms. The van der Waals surface area contributed by atoms with E-state index in [9.17, 15) is 4.79 Å². The third-order valence-corrected chi connectivity index (χ3v) is 3.72. The smallest absolute Gasteiger partial charge is 0.197 e. The van der Waals surface area contributed by atoms with E-state index in [1.807, 2.05) is 25.4 Å². The number of Topliss-reactive ketones (excluding diaryl/α,β-unsaturated/α-hetero) is 1. The van der Waals surface area contributed by atoms with Gasteiger partial charge in [0.1, 0.15) is 11.5 Å². The van der Waals surface area contributed by atoms with Crippen molar-refractivity contribution in [3.05, 3.63) is 24.5 Å². The first-order chi connectivity index (χ1) is 10.1. The second kappa shape index (κ2) is 5.57. The third-order valence-electron chi connectivity index (χ3n) is 2.71. The monoisotopic (exact) mass is 303 g/mol. The molecule has 8 heteroatoms. The van der Waals surface area contributed by atoms with Crippen LogP contribution in [0.25, 0.3) is 22.9 Å². The average molecular weight is 303 g/mol. The van der Waals surface area contributed by atoms with Gasteiger partial charge >= 0.3 is 0 Å². The number of aromatic nitrogens is 5. The molecule has 7 nitrogen and oxygen atoms in total. The van der Waals surface area contributed by atoms with Gasteiger partial charge in [0.25, 0.3) is 0 Å². The fraction of sp³-hybridized carbons (Fsp3) is 0.231. The summed E-state index contributed by atoms with van der Waals surface area (Å²) >= 11 is 1.32. The largest absolute Gasteiger partial charge is 0.453 e. The van der Waals surface area contributed by atoms with Gasteiger partial charge in [-0.3, -0.25) is 9.48 Å². The lowest BCUT2D eigenvalue weighted by Crippen LogP contribution is -1.93. The highest BCUT2D eigenvalue weighted by molar-refractivity contribution is 7.99. The summed E-state index contributed by atoms with van der Waals surface area (Å²) < 4.78 is 7.46. The van der Waals surface area contributed by atoms with Crippen molar-refractivity contribution in [2.75, 3.05) is 5.75 Å². The van der Waals surface area contributed by atoms with Crippen molar-refractivity contribution in [3.63, 3.8) is 0 Å². The van der Waals surface area contributed by atoms with Crippen LogP contribution in [0.4, 0.5) is 0 Å². The molecular weight excluding hydrogens is 290 g/mol. The normalized spacial score (nSPS) is 11.0. The zero-order valence-corrected chi connectivity index (χ0v) is 12.3. The van der Waals surface area contributed by atoms with Crippen molar-refractivity contribution in [2.45, 2.75) is 12.1 Å². The number of carbonyl (C=O) groups excluding carboxylic acids is 1. The van der Waals surface area contributed by atoms with Gasteiger partial charge in [0, 0.05) is 13.2 Å². The van der Waals surface area contributed by atoms with Crippen molar-refractivity contribution in [1.29, 1.82) is 0 Å². The molecule has 0 fully saturated rings. The van der Waals surface area contributed by atoms with Crippen molar-refractivity contribution in [1.82, 2.24) is 25.0 Å². The van der Waals surface area contributed by atoms with Crippen LogP contribution >= 0.6 is 11.8 Å². The van der Waals surface area contributed by atoms with E-state index >= 15 is 0 Å². The van der Waals surface area contributed by atoms with E-state index in [1.165, 1.54) is 18.7 Å². The summed E-state index contributed by atoms with van der Waals surface area (Å²) in [6.07, 6.45) is 3.61. The third kappa shape index (κ3) is 3.05. The van der Waals surface area contributed by atoms with Crippen LogP contribution < -0.4 is 0 Å². The number of aromatic amines is 1. The molecule has 21 heavy (non-hydrogen) atoms. The summed E-state index contributed by atoms with van der Waals surface area (Å²) in [7, 11) is 1.85. The quantitative estimate of drug-likeness (QED) is 0.726. The van der Waals surface area contributed by atoms with E-state index in [-0.39, 0.29) is 5.78 Å². The number of aryl methyl sites for hydroxylation is 1. The fourth-order valence-electron chi connectivity index (χ4n) is 1.76. The summed E-state index contributed by atoms with van der Waals surface area (Å²) in [5.41, 5.74) is 0.898. The molecule has 0 amide bonds. The number of hydrogen-bond acceptors (Lipinski definition) is 6. The van der Waals surface area contributed by atoms with Gasteiger partial charge in [0.2, 0.25) is 0 Å². The Kier molecular flexibility index (Phi) is 3.61. The Morgan fingerprint density at radius 2 is 2.19 bits per heavy atom. The zero-order chi connectivity index (χ0) is 14.8. The van der Waals surface area contributed by atoms with Gasteiger partial charge in [-0.1, -0.05) is 11.8 Å². The number of hydrogen-bond donors (Lipinski definition) is 1. The van der Waals surface area contributed by atoms with Gasteiger partial charge in [-0.2, -0.15) is 5.10 Å². The lowest BCUT2D eigenvalue weighted by atomic mass is 10.3. The molecule has 3 aromatic heterocycles. The van der Waals surface area contributed by atoms with Crippen molar-refractivity contribution in [3.8, 4) is 22.9 Å². The van der Waals surface area contributed by atoms with E-state index in [0.29, 0.717) is 28.3 Å². The van der Waals surface area contributed by atoms with Crippen LogP contribution in [-0.4, -0.2) is 36.5 Å². The predicted octanol–water partition coefficient (Wildman–Crippen LogP) is 2.15. The molecule has 0 aliphatic heterocycles. The van der Waals surface area contributed by atoms with E-state index in [0.717, 1.165) is 5.56 Å². The first kappa shape index (κ1) is 13.6. The molecule has 0 aliphatic carbocycles. The molecule has 0 aliphatic rings. The van der Waals surface area contributed by atoms with Gasteiger partial charge in [-0.05, 0) is 19.1 Å². The molecule has 3 aromatic rings. The lowest BCUT2D eigenvalue weighted by Gasteiger charge is -1.92. The van der Waals surface area contributed by atoms with Crippen LogP contribution in [0.2, 0.25) is 0 Å². The number of carbonyl (C=O) groups is 1. The van der Waals surface area contributed by atoms with Gasteiger partial charge in [0.15, 0.2) is 16.7 Å². The van der Waals surface area contributed by atoms with Crippen LogP contribution in [0.3, 0.4) is 0 Å². The van der Waals surface area contributed by atoms with Crippen LogP contribution in [0.15, 0.2) is 34.1 Å². The number of nitrogens with one attached hydrogen (secondary N) is 1. The molecule has 0 atom stereocenters. The molecule has 0 unspecified atom stereocenters. The number of ketones is 1. The fourth-order valence-corrected chi connectivity index (χ4v) is 2.37. The summed E-state index contributed by atoms with van der Waals surface area (Å²) in [5, 5.41) is 12.7. The van der Waals surface area contributed by atoms with Gasteiger partial charge in [-0.15, -0.1) is 10.2 Å². The summed E-state index contributed by atoms with van der Waals surface area (Å²) in [4.78, 5) is 14.0. The van der Waals surface area contributed by atoms with E-state index < -0.39 is 0 Å². The first-order valence-electron chi connectivity index (χ1n) is 6.26. The van der Waals surface area contributed by atoms with Gasteiger partial charge < -0.3 is 9.40 Å². The van der Waals surface area contributed by atoms with Gasteiger partial charge in [-0.25, -0.2) is 0 Å². The highest BCUT2D eigenvalue weighted by Crippen LogP contribution is 2.27. The minimum Gasteiger partial charge on any atom is -0.453 e. The molecular formula is C13H13N5O2S. The van der Waals surface area contributed by atoms with Crippen molar-refractivity contribution < 1.29 is 9.21 Å². The number of rotatable bonds is 5. The average Bonchev–Trinajstić information content (AvgIpc) is 3.15. The summed E-state index contributed by atoms with van der Waals surface area (Å²) in [5.74, 6) is 2.31. The Morgan fingerprint density at radius 1 is 1.38 bits per heavy atom. The lowest BCUT2D eigenvalue weighted by molar-refractivity contribution is -0.114. The molecule has 0 saturated heterocycles. The number of thioether (sulfide) groups is 1. The van der Waals surface area contributed by atoms with Crippen molar-refractivity contribution in [2.24, 2.45) is 7.05 Å². The highest BCUT2D eigenvalue weighted by atomic mass is 32.2. The Labute approximate surface area is 124 Å². The molecule has 1 N–H and O–H groups in total. The molecule has 0 radical (unpaired) electrons. The molecule has 0 aromatic carbocycles. The maximum absolute atomic E-state index is 10.9. The zero-order valence-electron chi connectivity index (χ0n) is 11.5. The molecule has 3 heterocycles. The second-order valence-corrected chi connectivity index (χ2v) is 5.50. The van der Waals surface area contributed by atoms with E-state index in [4.69, 9.17) is 4.42 Å².